The quantitative estimate of drug-likeness (QED) is 0.594. The predicted molar refractivity (Wildman–Crippen MR) is 83.4 cm³/mol. The lowest BCUT2D eigenvalue weighted by Gasteiger charge is -1.97. The third-order valence-electron chi connectivity index (χ3n) is 3.04. The fourth-order valence-corrected chi connectivity index (χ4v) is 1.91. The first-order chi connectivity index (χ1) is 11.2. The van der Waals surface area contributed by atoms with Crippen LogP contribution in [0, 0.1) is 5.82 Å². The molecule has 2 aromatic heterocycles. The number of halogens is 1. The van der Waals surface area contributed by atoms with Crippen LogP contribution in [-0.2, 0) is 0 Å². The number of rotatable bonds is 4. The highest BCUT2D eigenvalue weighted by molar-refractivity contribution is 5.94. The van der Waals surface area contributed by atoms with Gasteiger partial charge in [-0.3, -0.25) is 9.78 Å². The van der Waals surface area contributed by atoms with E-state index in [0.717, 1.165) is 5.56 Å². The van der Waals surface area contributed by atoms with Gasteiger partial charge in [-0.15, -0.1) is 0 Å². The summed E-state index contributed by atoms with van der Waals surface area (Å²) in [6.45, 7) is 0. The number of hydrazone groups is 1. The Morgan fingerprint density at radius 1 is 1.17 bits per heavy atom. The second-order valence-corrected chi connectivity index (χ2v) is 4.65. The van der Waals surface area contributed by atoms with Gasteiger partial charge in [-0.25, -0.2) is 9.82 Å². The summed E-state index contributed by atoms with van der Waals surface area (Å²) in [6, 6.07) is 12.7. The molecule has 0 saturated carbocycles. The first-order valence-corrected chi connectivity index (χ1v) is 6.81. The molecule has 1 amide bonds. The topological polar surface area (TPSA) is 67.5 Å². The molecule has 3 aromatic rings. The van der Waals surface area contributed by atoms with Crippen molar-refractivity contribution < 1.29 is 13.6 Å². The normalized spacial score (nSPS) is 10.8. The fraction of sp³-hybridized carbons (Fsp3) is 0. The maximum absolute atomic E-state index is 12.9. The highest BCUT2D eigenvalue weighted by atomic mass is 19.1. The van der Waals surface area contributed by atoms with Crippen molar-refractivity contribution >= 4 is 12.1 Å². The Hall–Kier alpha value is -3.28. The van der Waals surface area contributed by atoms with Crippen LogP contribution in [-0.4, -0.2) is 17.1 Å². The highest BCUT2D eigenvalue weighted by Crippen LogP contribution is 2.21. The van der Waals surface area contributed by atoms with Crippen molar-refractivity contribution in [3.63, 3.8) is 0 Å². The van der Waals surface area contributed by atoms with Crippen LogP contribution in [0.2, 0.25) is 0 Å². The largest absolute Gasteiger partial charge is 0.455 e. The van der Waals surface area contributed by atoms with E-state index in [-0.39, 0.29) is 11.7 Å². The van der Waals surface area contributed by atoms with E-state index in [0.29, 0.717) is 17.1 Å². The van der Waals surface area contributed by atoms with Crippen molar-refractivity contribution in [2.24, 2.45) is 5.10 Å². The molecule has 0 bridgehead atoms. The van der Waals surface area contributed by atoms with Crippen molar-refractivity contribution in [3.8, 4) is 11.3 Å². The van der Waals surface area contributed by atoms with E-state index in [9.17, 15) is 9.18 Å². The van der Waals surface area contributed by atoms with Gasteiger partial charge in [0.15, 0.2) is 0 Å². The number of benzene rings is 1. The maximum Gasteiger partial charge on any atom is 0.272 e. The van der Waals surface area contributed by atoms with Crippen LogP contribution in [0.5, 0.6) is 0 Å². The lowest BCUT2D eigenvalue weighted by atomic mass is 10.2. The zero-order valence-electron chi connectivity index (χ0n) is 11.9. The summed E-state index contributed by atoms with van der Waals surface area (Å²) >= 11 is 0. The van der Waals surface area contributed by atoms with E-state index in [1.807, 2.05) is 0 Å². The second-order valence-electron chi connectivity index (χ2n) is 4.65. The third kappa shape index (κ3) is 3.68. The van der Waals surface area contributed by atoms with E-state index < -0.39 is 0 Å². The lowest BCUT2D eigenvalue weighted by Crippen LogP contribution is -2.17. The van der Waals surface area contributed by atoms with Crippen LogP contribution in [0.1, 0.15) is 16.1 Å². The predicted octanol–water partition coefficient (Wildman–Crippen LogP) is 3.24. The van der Waals surface area contributed by atoms with Crippen LogP contribution in [0.15, 0.2) is 70.4 Å². The molecule has 1 N–H and O–H groups in total. The van der Waals surface area contributed by atoms with E-state index in [1.165, 1.54) is 24.5 Å². The number of hydrogen-bond acceptors (Lipinski definition) is 4. The van der Waals surface area contributed by atoms with Gasteiger partial charge in [0.1, 0.15) is 17.3 Å². The summed E-state index contributed by atoms with van der Waals surface area (Å²) < 4.78 is 18.5. The molecule has 0 unspecified atom stereocenters. The van der Waals surface area contributed by atoms with Gasteiger partial charge >= 0.3 is 0 Å². The van der Waals surface area contributed by atoms with Gasteiger partial charge in [-0.2, -0.15) is 5.10 Å². The molecule has 0 fully saturated rings. The van der Waals surface area contributed by atoms with Crippen LogP contribution in [0.25, 0.3) is 11.3 Å². The monoisotopic (exact) mass is 309 g/mol. The zero-order valence-corrected chi connectivity index (χ0v) is 11.9. The number of amides is 1. The summed E-state index contributed by atoms with van der Waals surface area (Å²) in [5.41, 5.74) is 3.55. The number of nitrogens with one attached hydrogen (secondary N) is 1. The summed E-state index contributed by atoms with van der Waals surface area (Å²) in [5.74, 6) is 0.390. The van der Waals surface area contributed by atoms with Crippen LogP contribution < -0.4 is 5.43 Å². The van der Waals surface area contributed by atoms with Crippen molar-refractivity contribution in [2.45, 2.75) is 0 Å². The number of carbonyl (C=O) groups is 1. The van der Waals surface area contributed by atoms with E-state index in [1.54, 1.807) is 42.6 Å². The first-order valence-electron chi connectivity index (χ1n) is 6.81. The molecule has 23 heavy (non-hydrogen) atoms. The minimum atomic E-state index is -0.361. The Bertz CT molecular complexity index is 827. The van der Waals surface area contributed by atoms with Crippen molar-refractivity contribution in [2.75, 3.05) is 0 Å². The smallest absolute Gasteiger partial charge is 0.272 e. The van der Waals surface area contributed by atoms with E-state index in [4.69, 9.17) is 4.42 Å². The van der Waals surface area contributed by atoms with Crippen molar-refractivity contribution in [1.82, 2.24) is 10.4 Å². The fourth-order valence-electron chi connectivity index (χ4n) is 1.91. The number of nitrogens with zero attached hydrogens (tertiary/aromatic N) is 2. The number of pyridine rings is 1. The molecule has 1 aromatic carbocycles. The lowest BCUT2D eigenvalue weighted by molar-refractivity contribution is 0.0954. The SMILES string of the molecule is O=C(N/N=C\c1ccc(-c2ccc(F)cc2)o1)c1cccnc1. The third-order valence-corrected chi connectivity index (χ3v) is 3.04. The van der Waals surface area contributed by atoms with E-state index >= 15 is 0 Å². The Labute approximate surface area is 131 Å². The Morgan fingerprint density at radius 2 is 2.00 bits per heavy atom. The van der Waals surface area contributed by atoms with Gasteiger partial charge in [0.25, 0.3) is 5.91 Å². The molecule has 0 radical (unpaired) electrons. The summed E-state index contributed by atoms with van der Waals surface area (Å²) in [6.07, 6.45) is 4.42. The molecular formula is C17H12FN3O2. The molecule has 0 aliphatic heterocycles. The molecule has 0 aliphatic carbocycles. The first kappa shape index (κ1) is 14.6. The average molecular weight is 309 g/mol. The molecule has 5 nitrogen and oxygen atoms in total. The summed E-state index contributed by atoms with van der Waals surface area (Å²) in [7, 11) is 0. The van der Waals surface area contributed by atoms with Gasteiger partial charge < -0.3 is 4.42 Å². The summed E-state index contributed by atoms with van der Waals surface area (Å²) in [4.78, 5) is 15.6. The molecular weight excluding hydrogens is 297 g/mol. The van der Waals surface area contributed by atoms with Gasteiger partial charge in [-0.05, 0) is 48.5 Å². The molecule has 0 aliphatic rings. The molecule has 3 rings (SSSR count). The van der Waals surface area contributed by atoms with Crippen LogP contribution in [0.3, 0.4) is 0 Å². The van der Waals surface area contributed by atoms with Crippen molar-refractivity contribution in [3.05, 3.63) is 78.1 Å². The van der Waals surface area contributed by atoms with Crippen LogP contribution in [0.4, 0.5) is 4.39 Å². The zero-order chi connectivity index (χ0) is 16.1. The highest BCUT2D eigenvalue weighted by Gasteiger charge is 2.05. The Kier molecular flexibility index (Phi) is 4.24. The van der Waals surface area contributed by atoms with Gasteiger partial charge in [0.05, 0.1) is 11.8 Å². The molecule has 0 saturated heterocycles. The van der Waals surface area contributed by atoms with Gasteiger partial charge in [0.2, 0.25) is 0 Å². The molecule has 6 heteroatoms. The van der Waals surface area contributed by atoms with Crippen LogP contribution >= 0.6 is 0 Å². The molecule has 0 atom stereocenters. The molecule has 0 spiro atoms. The minimum Gasteiger partial charge on any atom is -0.455 e. The van der Waals surface area contributed by atoms with E-state index in [2.05, 4.69) is 15.5 Å². The Morgan fingerprint density at radius 3 is 2.74 bits per heavy atom. The number of carbonyl (C=O) groups excluding carboxylic acids is 1. The van der Waals surface area contributed by atoms with Crippen molar-refractivity contribution in [1.29, 1.82) is 0 Å². The minimum absolute atomic E-state index is 0.305. The molecule has 2 heterocycles. The second kappa shape index (κ2) is 6.65. The number of aromatic nitrogens is 1. The number of furan rings is 1. The summed E-state index contributed by atoms with van der Waals surface area (Å²) in [5, 5.41) is 3.83. The van der Waals surface area contributed by atoms with Gasteiger partial charge in [-0.1, -0.05) is 0 Å². The maximum atomic E-state index is 12.9. The Balaban J connectivity index is 1.65. The standard InChI is InChI=1S/C17H12FN3O2/c18-14-5-3-12(4-6-14)16-8-7-15(23-16)11-20-21-17(22)13-2-1-9-19-10-13/h1-11H,(H,21,22)/b20-11-. The van der Waals surface area contributed by atoms with Gasteiger partial charge in [0, 0.05) is 18.0 Å². The number of hydrogen-bond donors (Lipinski definition) is 1. The molecule has 114 valence electrons. The average Bonchev–Trinajstić information content (AvgIpc) is 3.05.